The Bertz CT molecular complexity index is 650. The van der Waals surface area contributed by atoms with Crippen LogP contribution in [0.4, 0.5) is 5.82 Å². The van der Waals surface area contributed by atoms with Gasteiger partial charge in [-0.2, -0.15) is 0 Å². The molecule has 2 fully saturated rings. The predicted octanol–water partition coefficient (Wildman–Crippen LogP) is 1.71. The number of anilines is 1. The minimum atomic E-state index is -0.750. The summed E-state index contributed by atoms with van der Waals surface area (Å²) in [4.78, 5) is 40.4. The van der Waals surface area contributed by atoms with Gasteiger partial charge in [0, 0.05) is 32.1 Å². The van der Waals surface area contributed by atoms with E-state index >= 15 is 0 Å². The number of halogens is 1. The van der Waals surface area contributed by atoms with Crippen molar-refractivity contribution in [3.8, 4) is 0 Å². The number of rotatable bonds is 5. The number of nitrogens with one attached hydrogen (secondary N) is 1. The largest absolute Gasteiger partial charge is 0.481 e. The Morgan fingerprint density at radius 3 is 2.76 bits per heavy atom. The number of carboxylic acids is 1. The van der Waals surface area contributed by atoms with Crippen molar-refractivity contribution >= 4 is 36.0 Å². The van der Waals surface area contributed by atoms with Crippen LogP contribution in [-0.2, 0) is 14.4 Å². The third-order valence-corrected chi connectivity index (χ3v) is 4.79. The maximum absolute atomic E-state index is 11.9. The lowest BCUT2D eigenvalue weighted by atomic mass is 9.92. The van der Waals surface area contributed by atoms with Gasteiger partial charge in [-0.25, -0.2) is 4.98 Å². The van der Waals surface area contributed by atoms with Gasteiger partial charge in [0.15, 0.2) is 0 Å². The SMILES string of the molecule is Cl.O=C(O)CC[C@@H]1CCN(c2ccc([C@H]3CCC(=O)NC3=O)cn2)C1. The molecule has 2 amide bonds. The van der Waals surface area contributed by atoms with Crippen molar-refractivity contribution < 1.29 is 19.5 Å². The average Bonchev–Trinajstić information content (AvgIpc) is 3.02. The van der Waals surface area contributed by atoms with E-state index in [4.69, 9.17) is 5.11 Å². The topological polar surface area (TPSA) is 99.6 Å². The van der Waals surface area contributed by atoms with Crippen molar-refractivity contribution in [2.45, 2.75) is 38.0 Å². The lowest BCUT2D eigenvalue weighted by Crippen LogP contribution is -2.39. The fourth-order valence-electron chi connectivity index (χ4n) is 3.41. The van der Waals surface area contributed by atoms with Crippen LogP contribution in [0.1, 0.15) is 43.6 Å². The number of aliphatic carboxylic acids is 1. The number of piperidine rings is 1. The first-order valence-corrected chi connectivity index (χ1v) is 8.29. The first-order chi connectivity index (χ1) is 11.5. The number of hydrogen-bond acceptors (Lipinski definition) is 5. The van der Waals surface area contributed by atoms with Crippen molar-refractivity contribution in [2.75, 3.05) is 18.0 Å². The van der Waals surface area contributed by atoms with Crippen LogP contribution in [-0.4, -0.2) is 41.0 Å². The van der Waals surface area contributed by atoms with Gasteiger partial charge < -0.3 is 10.0 Å². The maximum atomic E-state index is 11.9. The molecule has 2 N–H and O–H groups in total. The lowest BCUT2D eigenvalue weighted by Gasteiger charge is -2.22. The number of amides is 2. The van der Waals surface area contributed by atoms with E-state index in [2.05, 4.69) is 15.2 Å². The molecule has 0 aliphatic carbocycles. The number of aromatic nitrogens is 1. The molecule has 1 aromatic rings. The van der Waals surface area contributed by atoms with Gasteiger partial charge in [-0.15, -0.1) is 12.4 Å². The molecule has 2 aliphatic heterocycles. The molecule has 8 heteroatoms. The van der Waals surface area contributed by atoms with Crippen LogP contribution in [0, 0.1) is 5.92 Å². The van der Waals surface area contributed by atoms with E-state index in [1.807, 2.05) is 12.1 Å². The number of carboxylic acid groups (broad SMARTS) is 1. The van der Waals surface area contributed by atoms with Crippen molar-refractivity contribution in [1.29, 1.82) is 0 Å². The summed E-state index contributed by atoms with van der Waals surface area (Å²) in [5.41, 5.74) is 0.824. The average molecular weight is 368 g/mol. The molecular weight excluding hydrogens is 346 g/mol. The van der Waals surface area contributed by atoms with E-state index in [9.17, 15) is 14.4 Å². The number of carbonyl (C=O) groups is 3. The van der Waals surface area contributed by atoms with E-state index < -0.39 is 5.97 Å². The van der Waals surface area contributed by atoms with Crippen LogP contribution < -0.4 is 10.2 Å². The molecule has 136 valence electrons. The summed E-state index contributed by atoms with van der Waals surface area (Å²) >= 11 is 0. The fraction of sp³-hybridized carbons (Fsp3) is 0.529. The Hall–Kier alpha value is -2.15. The summed E-state index contributed by atoms with van der Waals surface area (Å²) in [6.07, 6.45) is 4.46. The Kier molecular flexibility index (Phi) is 6.36. The summed E-state index contributed by atoms with van der Waals surface area (Å²) < 4.78 is 0. The minimum Gasteiger partial charge on any atom is -0.481 e. The maximum Gasteiger partial charge on any atom is 0.303 e. The van der Waals surface area contributed by atoms with Crippen molar-refractivity contribution in [2.24, 2.45) is 5.92 Å². The van der Waals surface area contributed by atoms with E-state index in [1.54, 1.807) is 6.20 Å². The third-order valence-electron chi connectivity index (χ3n) is 4.79. The highest BCUT2D eigenvalue weighted by Gasteiger charge is 2.29. The summed E-state index contributed by atoms with van der Waals surface area (Å²) in [7, 11) is 0. The van der Waals surface area contributed by atoms with Gasteiger partial charge in [0.05, 0.1) is 5.92 Å². The Balaban J connectivity index is 0.00000225. The first kappa shape index (κ1) is 19.2. The van der Waals surface area contributed by atoms with Crippen LogP contribution in [0.15, 0.2) is 18.3 Å². The van der Waals surface area contributed by atoms with E-state index in [-0.39, 0.29) is 36.6 Å². The molecule has 3 heterocycles. The second-order valence-corrected chi connectivity index (χ2v) is 6.49. The second kappa shape index (κ2) is 8.29. The Labute approximate surface area is 152 Å². The molecule has 2 atom stereocenters. The van der Waals surface area contributed by atoms with Gasteiger partial charge in [0.25, 0.3) is 0 Å². The van der Waals surface area contributed by atoms with Gasteiger partial charge in [-0.1, -0.05) is 6.07 Å². The van der Waals surface area contributed by atoms with E-state index in [1.165, 1.54) is 0 Å². The highest BCUT2D eigenvalue weighted by atomic mass is 35.5. The summed E-state index contributed by atoms with van der Waals surface area (Å²) in [5, 5.41) is 11.1. The van der Waals surface area contributed by atoms with Crippen LogP contribution >= 0.6 is 12.4 Å². The highest BCUT2D eigenvalue weighted by Crippen LogP contribution is 2.28. The molecule has 2 aliphatic rings. The molecule has 0 aromatic carbocycles. The van der Waals surface area contributed by atoms with Crippen LogP contribution in [0.5, 0.6) is 0 Å². The van der Waals surface area contributed by atoms with Crippen LogP contribution in [0.25, 0.3) is 0 Å². The zero-order chi connectivity index (χ0) is 17.1. The number of pyridine rings is 1. The van der Waals surface area contributed by atoms with Crippen LogP contribution in [0.3, 0.4) is 0 Å². The van der Waals surface area contributed by atoms with E-state index in [0.29, 0.717) is 25.2 Å². The Morgan fingerprint density at radius 1 is 1.32 bits per heavy atom. The molecule has 0 unspecified atom stereocenters. The summed E-state index contributed by atoms with van der Waals surface area (Å²) in [6, 6.07) is 3.80. The lowest BCUT2D eigenvalue weighted by molar-refractivity contribution is -0.137. The standard InChI is InChI=1S/C17H21N3O4.ClH/c21-15-5-3-13(17(24)19-15)12-2-4-14(18-9-12)20-8-7-11(10-20)1-6-16(22)23;/h2,4,9,11,13H,1,3,5-8,10H2,(H,22,23)(H,19,21,24);1H/t11-,13-;/m1./s1. The highest BCUT2D eigenvalue weighted by molar-refractivity contribution is 6.00. The minimum absolute atomic E-state index is 0. The second-order valence-electron chi connectivity index (χ2n) is 6.49. The quantitative estimate of drug-likeness (QED) is 0.768. The summed E-state index contributed by atoms with van der Waals surface area (Å²) in [6.45, 7) is 1.69. The number of imide groups is 1. The third kappa shape index (κ3) is 4.69. The molecule has 0 saturated carbocycles. The number of nitrogens with zero attached hydrogens (tertiary/aromatic N) is 2. The summed E-state index contributed by atoms with van der Waals surface area (Å²) in [5.74, 6) is -0.297. The van der Waals surface area contributed by atoms with Gasteiger partial charge in [-0.3, -0.25) is 19.7 Å². The van der Waals surface area contributed by atoms with Crippen molar-refractivity contribution in [3.63, 3.8) is 0 Å². The predicted molar refractivity (Wildman–Crippen MR) is 93.8 cm³/mol. The van der Waals surface area contributed by atoms with Crippen molar-refractivity contribution in [3.05, 3.63) is 23.9 Å². The normalized spacial score (nSPS) is 23.1. The fourth-order valence-corrected chi connectivity index (χ4v) is 3.41. The molecule has 25 heavy (non-hydrogen) atoms. The Morgan fingerprint density at radius 2 is 2.12 bits per heavy atom. The first-order valence-electron chi connectivity index (χ1n) is 8.29. The molecule has 0 spiro atoms. The molecule has 7 nitrogen and oxygen atoms in total. The molecule has 1 aromatic heterocycles. The van der Waals surface area contributed by atoms with Crippen molar-refractivity contribution in [1.82, 2.24) is 10.3 Å². The number of hydrogen-bond donors (Lipinski definition) is 2. The number of carbonyl (C=O) groups excluding carboxylic acids is 2. The molecular formula is C17H22ClN3O4. The molecule has 0 bridgehead atoms. The van der Waals surface area contributed by atoms with Gasteiger partial charge >= 0.3 is 5.97 Å². The smallest absolute Gasteiger partial charge is 0.303 e. The van der Waals surface area contributed by atoms with Gasteiger partial charge in [0.1, 0.15) is 5.82 Å². The zero-order valence-corrected chi connectivity index (χ0v) is 14.6. The molecule has 3 rings (SSSR count). The molecule has 0 radical (unpaired) electrons. The van der Waals surface area contributed by atoms with Crippen LogP contribution in [0.2, 0.25) is 0 Å². The van der Waals surface area contributed by atoms with Gasteiger partial charge in [-0.05, 0) is 36.8 Å². The monoisotopic (exact) mass is 367 g/mol. The van der Waals surface area contributed by atoms with E-state index in [0.717, 1.165) is 30.9 Å². The zero-order valence-electron chi connectivity index (χ0n) is 13.8. The molecule has 2 saturated heterocycles. The van der Waals surface area contributed by atoms with Gasteiger partial charge in [0.2, 0.25) is 11.8 Å².